The first kappa shape index (κ1) is 24.0. The Morgan fingerprint density at radius 3 is 2.38 bits per heavy atom. The predicted octanol–water partition coefficient (Wildman–Crippen LogP) is 3.83. The van der Waals surface area contributed by atoms with Gasteiger partial charge >= 0.3 is 11.6 Å². The monoisotopic (exact) mass is 485 g/mol. The molecule has 0 radical (unpaired) electrons. The number of carbonyl (C=O) groups excluding carboxylic acids is 1. The second kappa shape index (κ2) is 9.60. The molecule has 1 aliphatic rings. The highest BCUT2D eigenvalue weighted by atomic mass is 32.2. The standard InChI is InChI=1S/C25H27NO7S/c1-16-10-17(2)14-26(13-16)34(29,30)21-7-4-18(5-8-21)25(28)32-15-19-11-24(27)33-23-12-20(31-3)6-9-22(19)23/h4-9,11-12,16-17H,10,13-15H2,1-3H3/t16-,17+. The Morgan fingerprint density at radius 1 is 1.06 bits per heavy atom. The Labute approximate surface area is 198 Å². The van der Waals surface area contributed by atoms with Crippen LogP contribution in [-0.2, 0) is 21.4 Å². The van der Waals surface area contributed by atoms with Crippen LogP contribution >= 0.6 is 0 Å². The number of hydrogen-bond donors (Lipinski definition) is 0. The van der Waals surface area contributed by atoms with Crippen LogP contribution in [0.15, 0.2) is 62.6 Å². The lowest BCUT2D eigenvalue weighted by Gasteiger charge is -2.34. The van der Waals surface area contributed by atoms with Gasteiger partial charge in [-0.1, -0.05) is 13.8 Å². The molecule has 0 amide bonds. The molecular weight excluding hydrogens is 458 g/mol. The molecule has 0 saturated carbocycles. The maximum absolute atomic E-state index is 13.0. The molecule has 1 aromatic heterocycles. The highest BCUT2D eigenvalue weighted by Crippen LogP contribution is 2.27. The number of ether oxygens (including phenoxy) is 2. The van der Waals surface area contributed by atoms with Crippen molar-refractivity contribution in [1.29, 1.82) is 0 Å². The fourth-order valence-corrected chi connectivity index (χ4v) is 6.08. The van der Waals surface area contributed by atoms with Crippen LogP contribution in [0.25, 0.3) is 11.0 Å². The number of rotatable bonds is 6. The molecule has 0 N–H and O–H groups in total. The first-order chi connectivity index (χ1) is 16.2. The van der Waals surface area contributed by atoms with E-state index in [0.29, 0.717) is 47.2 Å². The quantitative estimate of drug-likeness (QED) is 0.386. The van der Waals surface area contributed by atoms with Crippen LogP contribution in [0.3, 0.4) is 0 Å². The zero-order chi connectivity index (χ0) is 24.5. The maximum Gasteiger partial charge on any atom is 0.338 e. The summed E-state index contributed by atoms with van der Waals surface area (Å²) in [6, 6.07) is 12.0. The molecule has 180 valence electrons. The Bertz CT molecular complexity index is 1350. The second-order valence-electron chi connectivity index (χ2n) is 8.82. The number of hydrogen-bond acceptors (Lipinski definition) is 7. The largest absolute Gasteiger partial charge is 0.497 e. The van der Waals surface area contributed by atoms with Gasteiger partial charge in [-0.25, -0.2) is 18.0 Å². The van der Waals surface area contributed by atoms with Crippen molar-refractivity contribution in [2.45, 2.75) is 31.8 Å². The summed E-state index contributed by atoms with van der Waals surface area (Å²) in [5.74, 6) is 0.503. The molecule has 2 aromatic carbocycles. The Balaban J connectivity index is 1.48. The zero-order valence-corrected chi connectivity index (χ0v) is 20.1. The molecule has 0 bridgehead atoms. The van der Waals surface area contributed by atoms with E-state index in [9.17, 15) is 18.0 Å². The Hall–Kier alpha value is -3.17. The van der Waals surface area contributed by atoms with Crippen molar-refractivity contribution in [3.8, 4) is 5.75 Å². The first-order valence-corrected chi connectivity index (χ1v) is 12.5. The number of methoxy groups -OCH3 is 1. The van der Waals surface area contributed by atoms with E-state index < -0.39 is 21.6 Å². The summed E-state index contributed by atoms with van der Waals surface area (Å²) in [5.41, 5.74) is 0.472. The number of carbonyl (C=O) groups is 1. The summed E-state index contributed by atoms with van der Waals surface area (Å²) in [7, 11) is -2.13. The molecule has 1 saturated heterocycles. The lowest BCUT2D eigenvalue weighted by atomic mass is 9.94. The van der Waals surface area contributed by atoms with Crippen molar-refractivity contribution in [3.05, 3.63) is 70.1 Å². The highest BCUT2D eigenvalue weighted by molar-refractivity contribution is 7.89. The van der Waals surface area contributed by atoms with Crippen LogP contribution in [0.1, 0.15) is 36.2 Å². The summed E-state index contributed by atoms with van der Waals surface area (Å²) >= 11 is 0. The Kier molecular flexibility index (Phi) is 6.77. The molecule has 0 aliphatic carbocycles. The zero-order valence-electron chi connectivity index (χ0n) is 19.3. The number of benzene rings is 2. The molecular formula is C25H27NO7S. The summed E-state index contributed by atoms with van der Waals surface area (Å²) in [6.07, 6.45) is 1.00. The molecule has 2 atom stereocenters. The van der Waals surface area contributed by atoms with Gasteiger partial charge < -0.3 is 13.9 Å². The van der Waals surface area contributed by atoms with Crippen molar-refractivity contribution in [2.24, 2.45) is 11.8 Å². The minimum Gasteiger partial charge on any atom is -0.497 e. The van der Waals surface area contributed by atoms with Gasteiger partial charge in [0.1, 0.15) is 17.9 Å². The average Bonchev–Trinajstić information content (AvgIpc) is 2.81. The molecule has 0 unspecified atom stereocenters. The SMILES string of the molecule is COc1ccc2c(COC(=O)c3ccc(S(=O)(=O)N4C[C@H](C)C[C@H](C)C4)cc3)cc(=O)oc2c1. The predicted molar refractivity (Wildman–Crippen MR) is 126 cm³/mol. The maximum atomic E-state index is 13.0. The number of sulfonamides is 1. The topological polar surface area (TPSA) is 103 Å². The van der Waals surface area contributed by atoms with E-state index in [-0.39, 0.29) is 17.1 Å². The summed E-state index contributed by atoms with van der Waals surface area (Å²) < 4.78 is 43.3. The third-order valence-electron chi connectivity index (χ3n) is 5.96. The van der Waals surface area contributed by atoms with Crippen molar-refractivity contribution < 1.29 is 27.1 Å². The summed E-state index contributed by atoms with van der Waals surface area (Å²) in [6.45, 7) is 4.93. The van der Waals surface area contributed by atoms with E-state index in [4.69, 9.17) is 13.9 Å². The molecule has 2 heterocycles. The van der Waals surface area contributed by atoms with Crippen LogP contribution in [0.2, 0.25) is 0 Å². The van der Waals surface area contributed by atoms with Gasteiger partial charge in [0, 0.05) is 36.2 Å². The van der Waals surface area contributed by atoms with Crippen molar-refractivity contribution >= 4 is 27.0 Å². The molecule has 4 rings (SSSR count). The van der Waals surface area contributed by atoms with Crippen LogP contribution in [-0.4, -0.2) is 38.9 Å². The van der Waals surface area contributed by atoms with Gasteiger partial charge in [0.05, 0.1) is 17.6 Å². The van der Waals surface area contributed by atoms with Crippen molar-refractivity contribution in [1.82, 2.24) is 4.31 Å². The third-order valence-corrected chi connectivity index (χ3v) is 7.81. The minimum absolute atomic E-state index is 0.142. The van der Waals surface area contributed by atoms with Crippen molar-refractivity contribution in [2.75, 3.05) is 20.2 Å². The van der Waals surface area contributed by atoms with E-state index in [1.54, 1.807) is 18.2 Å². The average molecular weight is 486 g/mol. The van der Waals surface area contributed by atoms with E-state index >= 15 is 0 Å². The van der Waals surface area contributed by atoms with Gasteiger partial charge in [0.15, 0.2) is 0 Å². The van der Waals surface area contributed by atoms with Gasteiger partial charge in [-0.05, 0) is 54.7 Å². The lowest BCUT2D eigenvalue weighted by Crippen LogP contribution is -2.42. The number of piperidine rings is 1. The fourth-order valence-electron chi connectivity index (χ4n) is 4.40. The molecule has 34 heavy (non-hydrogen) atoms. The third kappa shape index (κ3) is 5.00. The molecule has 8 nitrogen and oxygen atoms in total. The molecule has 0 spiro atoms. The molecule has 9 heteroatoms. The smallest absolute Gasteiger partial charge is 0.338 e. The minimum atomic E-state index is -3.63. The van der Waals surface area contributed by atoms with E-state index in [0.717, 1.165) is 6.42 Å². The van der Waals surface area contributed by atoms with Gasteiger partial charge in [-0.2, -0.15) is 4.31 Å². The van der Waals surface area contributed by atoms with Crippen LogP contribution in [0, 0.1) is 11.8 Å². The number of nitrogens with zero attached hydrogens (tertiary/aromatic N) is 1. The normalized spacial score (nSPS) is 19.1. The molecule has 1 aliphatic heterocycles. The fraction of sp³-hybridized carbons (Fsp3) is 0.360. The van der Waals surface area contributed by atoms with Gasteiger partial charge in [0.2, 0.25) is 10.0 Å². The van der Waals surface area contributed by atoms with Crippen LogP contribution < -0.4 is 10.4 Å². The van der Waals surface area contributed by atoms with Crippen LogP contribution in [0.5, 0.6) is 5.75 Å². The molecule has 1 fully saturated rings. The second-order valence-corrected chi connectivity index (χ2v) is 10.8. The number of fused-ring (bicyclic) bond motifs is 1. The van der Waals surface area contributed by atoms with Gasteiger partial charge in [-0.3, -0.25) is 0 Å². The summed E-state index contributed by atoms with van der Waals surface area (Å²) in [4.78, 5) is 24.6. The summed E-state index contributed by atoms with van der Waals surface area (Å²) in [5, 5.41) is 0.625. The van der Waals surface area contributed by atoms with E-state index in [1.165, 1.54) is 41.7 Å². The lowest BCUT2D eigenvalue weighted by molar-refractivity contribution is 0.0473. The number of esters is 1. The first-order valence-electron chi connectivity index (χ1n) is 11.1. The van der Waals surface area contributed by atoms with E-state index in [1.807, 2.05) is 13.8 Å². The Morgan fingerprint density at radius 2 is 1.74 bits per heavy atom. The van der Waals surface area contributed by atoms with Crippen LogP contribution in [0.4, 0.5) is 0 Å². The highest BCUT2D eigenvalue weighted by Gasteiger charge is 2.31. The van der Waals surface area contributed by atoms with Gasteiger partial charge in [0.25, 0.3) is 0 Å². The van der Waals surface area contributed by atoms with E-state index in [2.05, 4.69) is 0 Å². The van der Waals surface area contributed by atoms with Crippen molar-refractivity contribution in [3.63, 3.8) is 0 Å². The van der Waals surface area contributed by atoms with Gasteiger partial charge in [-0.15, -0.1) is 0 Å². The molecule has 3 aromatic rings.